The molecule has 1 saturated heterocycles. The van der Waals surface area contributed by atoms with Crippen LogP contribution in [0.15, 0.2) is 33.9 Å². The first-order valence-electron chi connectivity index (χ1n) is 14.9. The van der Waals surface area contributed by atoms with Gasteiger partial charge >= 0.3 is 24.1 Å². The maximum absolute atomic E-state index is 13.3. The number of thioether (sulfide) groups is 2. The van der Waals surface area contributed by atoms with Crippen LogP contribution in [0.4, 0.5) is 18.3 Å². The Bertz CT molecular complexity index is 1880. The highest BCUT2D eigenvalue weighted by molar-refractivity contribution is 8.01. The van der Waals surface area contributed by atoms with Crippen molar-refractivity contribution < 1.29 is 72.3 Å². The number of carboxylic acid groups (broad SMARTS) is 3. The van der Waals surface area contributed by atoms with Crippen molar-refractivity contribution in [3.63, 3.8) is 0 Å². The van der Waals surface area contributed by atoms with E-state index in [4.69, 9.17) is 32.1 Å². The second kappa shape index (κ2) is 18.4. The van der Waals surface area contributed by atoms with E-state index < -0.39 is 82.5 Å². The zero-order chi connectivity index (χ0) is 40.7. The summed E-state index contributed by atoms with van der Waals surface area (Å²) in [4.78, 5) is 81.8. The number of alkyl halides is 3. The van der Waals surface area contributed by atoms with E-state index in [1.807, 2.05) is 0 Å². The van der Waals surface area contributed by atoms with Gasteiger partial charge in [0.2, 0.25) is 6.10 Å². The highest BCUT2D eigenvalue weighted by atomic mass is 35.5. The predicted octanol–water partition coefficient (Wildman–Crippen LogP) is 2.15. The van der Waals surface area contributed by atoms with Gasteiger partial charge < -0.3 is 46.7 Å². The molecule has 294 valence electrons. The Hall–Kier alpha value is -4.94. The summed E-state index contributed by atoms with van der Waals surface area (Å²) < 4.78 is 31.7. The van der Waals surface area contributed by atoms with Gasteiger partial charge in [-0.1, -0.05) is 30.6 Å². The number of carbonyl (C=O) groups is 6. The number of oxime groups is 1. The second-order valence-electron chi connectivity index (χ2n) is 11.1. The molecule has 2 aliphatic rings. The molecule has 3 amide bonds. The van der Waals surface area contributed by atoms with Crippen LogP contribution in [0.25, 0.3) is 0 Å². The molecule has 54 heavy (non-hydrogen) atoms. The van der Waals surface area contributed by atoms with Crippen LogP contribution < -0.4 is 16.4 Å². The Kier molecular flexibility index (Phi) is 14.8. The second-order valence-corrected chi connectivity index (χ2v) is 14.6. The van der Waals surface area contributed by atoms with Crippen LogP contribution in [0, 0.1) is 5.92 Å². The van der Waals surface area contributed by atoms with E-state index in [1.54, 1.807) is 13.8 Å². The molecular formula is C29H30ClF3N6O12S3. The first-order chi connectivity index (χ1) is 25.2. The standard InChI is InChI=1S/C27H29ClN6O10S3.C2HF3O2/c1-10(2)20(26(42)43)44-33-16(13-9-47-27(29)31-13)22(38)32-17-23(39)34-18(25(40)41)11(8-46-24(17)34)7-45-6-5-30-21(37)12-3-4-14(35)19(36)15(12)28;3-2(4,5)1(6)7/h3-4,9-10,17,20,24,35-36H,5-8H2,1-2H3,(H2,29,31)(H,30,37)(H,32,38)(H,40,41)(H,42,43);(H,6,7)/b33-16-;/t17-,20?,24-;/m1./s1. The number of halogens is 4. The van der Waals surface area contributed by atoms with E-state index in [9.17, 15) is 57.6 Å². The van der Waals surface area contributed by atoms with Gasteiger partial charge in [-0.15, -0.1) is 23.1 Å². The minimum Gasteiger partial charge on any atom is -0.504 e. The van der Waals surface area contributed by atoms with Crippen LogP contribution in [0.2, 0.25) is 5.02 Å². The summed E-state index contributed by atoms with van der Waals surface area (Å²) in [6.07, 6.45) is -6.45. The average Bonchev–Trinajstić information content (AvgIpc) is 3.52. The van der Waals surface area contributed by atoms with E-state index in [1.165, 1.54) is 35.0 Å². The molecule has 18 nitrogen and oxygen atoms in total. The lowest BCUT2D eigenvalue weighted by molar-refractivity contribution is -0.192. The normalized spacial score (nSPS) is 17.4. The number of carbonyl (C=O) groups excluding carboxylic acids is 3. The van der Waals surface area contributed by atoms with Crippen molar-refractivity contribution >= 4 is 92.9 Å². The minimum atomic E-state index is -5.08. The summed E-state index contributed by atoms with van der Waals surface area (Å²) in [5.74, 6) is -8.23. The number of aliphatic carboxylic acids is 3. The topological polar surface area (TPSA) is 291 Å². The van der Waals surface area contributed by atoms with Gasteiger partial charge in [-0.3, -0.25) is 19.3 Å². The van der Waals surface area contributed by atoms with Crippen molar-refractivity contribution in [2.24, 2.45) is 11.1 Å². The van der Waals surface area contributed by atoms with Crippen molar-refractivity contribution in [3.05, 3.63) is 45.1 Å². The number of benzene rings is 1. The number of hydrogen-bond donors (Lipinski definition) is 8. The average molecular weight is 843 g/mol. The van der Waals surface area contributed by atoms with Crippen molar-refractivity contribution in [1.29, 1.82) is 0 Å². The monoisotopic (exact) mass is 842 g/mol. The number of phenolic OH excluding ortho intramolecular Hbond substituents is 2. The summed E-state index contributed by atoms with van der Waals surface area (Å²) in [7, 11) is 0. The molecule has 4 rings (SSSR count). The number of rotatable bonds is 14. The fraction of sp³-hybridized carbons (Fsp3) is 0.379. The van der Waals surface area contributed by atoms with Gasteiger partial charge in [0.15, 0.2) is 22.3 Å². The number of hydrogen-bond acceptors (Lipinski definition) is 15. The van der Waals surface area contributed by atoms with Crippen molar-refractivity contribution in [3.8, 4) is 11.5 Å². The van der Waals surface area contributed by atoms with E-state index in [0.717, 1.165) is 22.3 Å². The third kappa shape index (κ3) is 10.6. The van der Waals surface area contributed by atoms with Crippen LogP contribution in [0.3, 0.4) is 0 Å². The van der Waals surface area contributed by atoms with Crippen LogP contribution in [0.1, 0.15) is 29.9 Å². The van der Waals surface area contributed by atoms with Crippen LogP contribution >= 0.6 is 46.5 Å². The molecule has 9 N–H and O–H groups in total. The summed E-state index contributed by atoms with van der Waals surface area (Å²) in [5.41, 5.74) is 5.54. The largest absolute Gasteiger partial charge is 0.504 e. The van der Waals surface area contributed by atoms with Gasteiger partial charge in [0.25, 0.3) is 17.7 Å². The van der Waals surface area contributed by atoms with Crippen LogP contribution in [-0.4, -0.2) is 124 Å². The number of nitrogen functional groups attached to an aromatic ring is 1. The van der Waals surface area contributed by atoms with Gasteiger partial charge in [-0.05, 0) is 17.7 Å². The zero-order valence-electron chi connectivity index (χ0n) is 27.6. The van der Waals surface area contributed by atoms with Crippen LogP contribution in [0.5, 0.6) is 11.5 Å². The lowest BCUT2D eigenvalue weighted by atomic mass is 10.0. The smallest absolute Gasteiger partial charge is 0.490 e. The summed E-state index contributed by atoms with van der Waals surface area (Å²) >= 11 is 9.49. The Morgan fingerprint density at radius 2 is 1.83 bits per heavy atom. The molecule has 1 aromatic carbocycles. The number of nitrogens with zero attached hydrogens (tertiary/aromatic N) is 3. The number of anilines is 1. The Morgan fingerprint density at radius 1 is 1.19 bits per heavy atom. The molecule has 3 atom stereocenters. The number of amides is 3. The Balaban J connectivity index is 0.00000102. The lowest BCUT2D eigenvalue weighted by Crippen LogP contribution is -2.71. The summed E-state index contributed by atoms with van der Waals surface area (Å²) in [6.45, 7) is 3.36. The molecule has 1 fully saturated rings. The minimum absolute atomic E-state index is 0.00347. The molecule has 25 heteroatoms. The van der Waals surface area contributed by atoms with Gasteiger partial charge in [-0.2, -0.15) is 24.9 Å². The molecule has 1 aromatic heterocycles. The van der Waals surface area contributed by atoms with Gasteiger partial charge in [0, 0.05) is 35.1 Å². The number of phenols is 2. The molecule has 0 saturated carbocycles. The molecule has 2 aliphatic heterocycles. The third-order valence-corrected chi connectivity index (χ3v) is 10.5. The third-order valence-electron chi connectivity index (χ3n) is 7.01. The fourth-order valence-electron chi connectivity index (χ4n) is 4.42. The molecule has 0 radical (unpaired) electrons. The highest BCUT2D eigenvalue weighted by Gasteiger charge is 2.54. The van der Waals surface area contributed by atoms with Crippen LogP contribution in [-0.2, 0) is 28.8 Å². The number of β-lactam (4-membered cyclic amide) rings is 1. The maximum atomic E-state index is 13.3. The Morgan fingerprint density at radius 3 is 2.37 bits per heavy atom. The molecule has 3 heterocycles. The molecule has 0 aliphatic carbocycles. The molecule has 0 spiro atoms. The first kappa shape index (κ1) is 43.5. The first-order valence-corrected chi connectivity index (χ1v) is 18.4. The quantitative estimate of drug-likeness (QED) is 0.0444. The maximum Gasteiger partial charge on any atom is 0.490 e. The highest BCUT2D eigenvalue weighted by Crippen LogP contribution is 2.41. The predicted molar refractivity (Wildman–Crippen MR) is 188 cm³/mol. The number of fused-ring (bicyclic) bond motifs is 1. The summed E-state index contributed by atoms with van der Waals surface area (Å²) in [5, 5.41) is 55.1. The van der Waals surface area contributed by atoms with Crippen molar-refractivity contribution in [1.82, 2.24) is 20.5 Å². The number of nitrogens with one attached hydrogen (secondary N) is 2. The SMILES string of the molecule is CC(C)C(O/N=C(\C(=O)N[C@@H]1C(=O)N2C(C(=O)O)=C(CSCCNC(=O)c3ccc(O)c(O)c3Cl)CS[C@H]12)c1csc(N)n1)C(=O)O.O=C(O)C(F)(F)F. The van der Waals surface area contributed by atoms with Gasteiger partial charge in [0.05, 0.1) is 10.6 Å². The number of nitrogens with two attached hydrogens (primary N) is 1. The number of carboxylic acids is 3. The van der Waals surface area contributed by atoms with Crippen molar-refractivity contribution in [2.75, 3.05) is 29.5 Å². The molecule has 0 bridgehead atoms. The van der Waals surface area contributed by atoms with E-state index in [2.05, 4.69) is 20.8 Å². The number of aromatic hydroxyl groups is 2. The summed E-state index contributed by atoms with van der Waals surface area (Å²) in [6, 6.07) is 1.28. The van der Waals surface area contributed by atoms with Gasteiger partial charge in [0.1, 0.15) is 22.8 Å². The number of thiazole rings is 1. The zero-order valence-corrected chi connectivity index (χ0v) is 30.8. The fourth-order valence-corrected chi connectivity index (χ4v) is 7.57. The molecule has 1 unspecified atom stereocenters. The Labute approximate surface area is 319 Å². The molecule has 2 aromatic rings. The van der Waals surface area contributed by atoms with Crippen molar-refractivity contribution in [2.45, 2.75) is 37.5 Å². The lowest BCUT2D eigenvalue weighted by Gasteiger charge is -2.49. The van der Waals surface area contributed by atoms with E-state index in [0.29, 0.717) is 11.3 Å². The van der Waals surface area contributed by atoms with E-state index in [-0.39, 0.29) is 45.2 Å². The van der Waals surface area contributed by atoms with E-state index >= 15 is 0 Å². The molecular weight excluding hydrogens is 813 g/mol. The number of aromatic nitrogens is 1. The van der Waals surface area contributed by atoms with Gasteiger partial charge in [-0.25, -0.2) is 19.4 Å².